The molecule has 6 nitrogen and oxygen atoms in total. The summed E-state index contributed by atoms with van der Waals surface area (Å²) in [4.78, 5) is 38.8. The van der Waals surface area contributed by atoms with E-state index in [0.29, 0.717) is 17.5 Å². The fraction of sp³-hybridized carbons (Fsp3) is 0.211. The molecule has 0 saturated carbocycles. The number of phenols is 1. The predicted octanol–water partition coefficient (Wildman–Crippen LogP) is 3.01. The second-order valence-electron chi connectivity index (χ2n) is 5.66. The number of nitrogens with one attached hydrogen (secondary N) is 1. The molecule has 0 spiro atoms. The van der Waals surface area contributed by atoms with Gasteiger partial charge in [0.2, 0.25) is 0 Å². The lowest BCUT2D eigenvalue weighted by Crippen LogP contribution is -2.46. The summed E-state index contributed by atoms with van der Waals surface area (Å²) in [5, 5.41) is 10.5. The van der Waals surface area contributed by atoms with Gasteiger partial charge in [-0.1, -0.05) is 32.0 Å². The lowest BCUT2D eigenvalue weighted by atomic mass is 10.0. The quantitative estimate of drug-likeness (QED) is 0.624. The topological polar surface area (TPSA) is 86.7 Å². The maximum Gasteiger partial charge on any atom is 0.281 e. The van der Waals surface area contributed by atoms with Gasteiger partial charge in [-0.25, -0.2) is 0 Å². The maximum absolute atomic E-state index is 12.8. The number of nitrogens with zero attached hydrogens (tertiary/aromatic N) is 1. The number of thioether (sulfide) groups is 1. The van der Waals surface area contributed by atoms with Gasteiger partial charge in [0.1, 0.15) is 5.75 Å². The van der Waals surface area contributed by atoms with Crippen molar-refractivity contribution in [2.75, 3.05) is 5.75 Å². The number of para-hydroxylation sites is 1. The first-order chi connectivity index (χ1) is 12.5. The van der Waals surface area contributed by atoms with Crippen LogP contribution in [-0.4, -0.2) is 33.6 Å². The van der Waals surface area contributed by atoms with E-state index in [1.165, 1.54) is 23.9 Å². The summed E-state index contributed by atoms with van der Waals surface area (Å²) in [6, 6.07) is 9.63. The van der Waals surface area contributed by atoms with Crippen molar-refractivity contribution in [1.29, 1.82) is 0 Å². The van der Waals surface area contributed by atoms with Crippen LogP contribution in [0.1, 0.15) is 50.5 Å². The molecule has 0 saturated heterocycles. The van der Waals surface area contributed by atoms with Crippen molar-refractivity contribution in [3.63, 3.8) is 0 Å². The number of amides is 3. The van der Waals surface area contributed by atoms with Gasteiger partial charge in [-0.2, -0.15) is 5.01 Å². The van der Waals surface area contributed by atoms with Crippen LogP contribution < -0.4 is 5.43 Å². The zero-order valence-corrected chi connectivity index (χ0v) is 15.2. The van der Waals surface area contributed by atoms with Gasteiger partial charge in [0.15, 0.2) is 0 Å². The number of imide groups is 1. The Labute approximate surface area is 155 Å². The molecule has 0 radical (unpaired) electrons. The normalized spacial score (nSPS) is 13.1. The van der Waals surface area contributed by atoms with Crippen LogP contribution in [0.5, 0.6) is 5.75 Å². The summed E-state index contributed by atoms with van der Waals surface area (Å²) in [6.07, 6.45) is 0.597. The lowest BCUT2D eigenvalue weighted by Gasteiger charge is -2.15. The van der Waals surface area contributed by atoms with Crippen molar-refractivity contribution in [3.8, 4) is 5.75 Å². The first-order valence-corrected chi connectivity index (χ1v) is 9.24. The zero-order valence-electron chi connectivity index (χ0n) is 14.4. The van der Waals surface area contributed by atoms with Gasteiger partial charge in [0, 0.05) is 4.90 Å². The Morgan fingerprint density at radius 1 is 1.08 bits per heavy atom. The minimum Gasteiger partial charge on any atom is -0.507 e. The molecular weight excluding hydrogens is 352 g/mol. The van der Waals surface area contributed by atoms with E-state index < -0.39 is 17.7 Å². The van der Waals surface area contributed by atoms with Crippen molar-refractivity contribution < 1.29 is 19.5 Å². The van der Waals surface area contributed by atoms with Gasteiger partial charge < -0.3 is 5.11 Å². The molecule has 7 heteroatoms. The summed E-state index contributed by atoms with van der Waals surface area (Å²) in [5.41, 5.74) is 3.75. The number of hydrogen-bond acceptors (Lipinski definition) is 5. The molecular formula is C19H18N2O4S. The molecule has 2 aromatic carbocycles. The van der Waals surface area contributed by atoms with Crippen LogP contribution in [-0.2, 0) is 6.42 Å². The van der Waals surface area contributed by atoms with Gasteiger partial charge in [-0.15, -0.1) is 11.8 Å². The molecule has 1 aliphatic heterocycles. The van der Waals surface area contributed by atoms with Crippen LogP contribution in [0.3, 0.4) is 0 Å². The van der Waals surface area contributed by atoms with Gasteiger partial charge in [-0.05, 0) is 35.9 Å². The largest absolute Gasteiger partial charge is 0.507 e. The zero-order chi connectivity index (χ0) is 18.8. The van der Waals surface area contributed by atoms with Gasteiger partial charge >= 0.3 is 0 Å². The second-order valence-corrected chi connectivity index (χ2v) is 6.97. The average Bonchev–Trinajstić information content (AvgIpc) is 2.88. The number of hydrogen-bond donors (Lipinski definition) is 2. The highest BCUT2D eigenvalue weighted by molar-refractivity contribution is 7.99. The molecule has 1 aliphatic rings. The van der Waals surface area contributed by atoms with Gasteiger partial charge in [0.05, 0.1) is 16.7 Å². The van der Waals surface area contributed by atoms with E-state index >= 15 is 0 Å². The van der Waals surface area contributed by atoms with Crippen molar-refractivity contribution in [1.82, 2.24) is 10.4 Å². The van der Waals surface area contributed by atoms with E-state index in [2.05, 4.69) is 5.43 Å². The number of fused-ring (bicyclic) bond motifs is 1. The Kier molecular flexibility index (Phi) is 4.99. The van der Waals surface area contributed by atoms with E-state index in [-0.39, 0.29) is 11.3 Å². The van der Waals surface area contributed by atoms with E-state index in [0.717, 1.165) is 21.2 Å². The molecule has 134 valence electrons. The Morgan fingerprint density at radius 2 is 1.77 bits per heavy atom. The number of hydrazine groups is 1. The third kappa shape index (κ3) is 2.94. The minimum absolute atomic E-state index is 0.0112. The van der Waals surface area contributed by atoms with Crippen molar-refractivity contribution in [2.45, 2.75) is 25.2 Å². The fourth-order valence-electron chi connectivity index (χ4n) is 2.90. The van der Waals surface area contributed by atoms with E-state index in [4.69, 9.17) is 0 Å². The molecule has 0 atom stereocenters. The number of phenolic OH excluding ortho intramolecular Hbond substituents is 1. The third-order valence-corrected chi connectivity index (χ3v) is 5.07. The molecule has 0 fully saturated rings. The lowest BCUT2D eigenvalue weighted by molar-refractivity contribution is 0.0516. The Balaban J connectivity index is 1.97. The second kappa shape index (κ2) is 7.21. The summed E-state index contributed by atoms with van der Waals surface area (Å²) in [5.74, 6) is -1.30. The smallest absolute Gasteiger partial charge is 0.281 e. The number of carbonyl (C=O) groups excluding carboxylic acids is 3. The van der Waals surface area contributed by atoms with Crippen molar-refractivity contribution >= 4 is 29.5 Å². The highest BCUT2D eigenvalue weighted by Crippen LogP contribution is 2.34. The third-order valence-electron chi connectivity index (χ3n) is 4.13. The van der Waals surface area contributed by atoms with E-state index in [9.17, 15) is 19.5 Å². The molecule has 3 amide bonds. The Bertz CT molecular complexity index is 910. The number of aromatic hydroxyl groups is 1. The van der Waals surface area contributed by atoms with Crippen LogP contribution in [0.2, 0.25) is 0 Å². The summed E-state index contributed by atoms with van der Waals surface area (Å²) < 4.78 is 0. The molecule has 2 N–H and O–H groups in total. The SMILES string of the molecule is CCSc1ccc(CC)c2c1C(=O)N(NC(=O)c1ccccc1O)C2=O. The monoisotopic (exact) mass is 370 g/mol. The van der Waals surface area contributed by atoms with Crippen LogP contribution in [0.15, 0.2) is 41.3 Å². The highest BCUT2D eigenvalue weighted by Gasteiger charge is 2.40. The first-order valence-electron chi connectivity index (χ1n) is 8.26. The molecule has 0 bridgehead atoms. The van der Waals surface area contributed by atoms with Crippen LogP contribution in [0.25, 0.3) is 0 Å². The van der Waals surface area contributed by atoms with E-state index in [1.54, 1.807) is 12.1 Å². The molecule has 1 heterocycles. The summed E-state index contributed by atoms with van der Waals surface area (Å²) in [6.45, 7) is 3.87. The summed E-state index contributed by atoms with van der Waals surface area (Å²) >= 11 is 1.47. The number of aryl methyl sites for hydroxylation is 1. The van der Waals surface area contributed by atoms with Gasteiger partial charge in [0.25, 0.3) is 17.7 Å². The van der Waals surface area contributed by atoms with Crippen LogP contribution >= 0.6 is 11.8 Å². The average molecular weight is 370 g/mol. The predicted molar refractivity (Wildman–Crippen MR) is 98.3 cm³/mol. The van der Waals surface area contributed by atoms with Crippen molar-refractivity contribution in [3.05, 3.63) is 58.7 Å². The molecule has 2 aromatic rings. The Morgan fingerprint density at radius 3 is 2.42 bits per heavy atom. The molecule has 3 rings (SSSR count). The van der Waals surface area contributed by atoms with Crippen molar-refractivity contribution in [2.24, 2.45) is 0 Å². The van der Waals surface area contributed by atoms with E-state index in [1.807, 2.05) is 26.0 Å². The minimum atomic E-state index is -0.722. The van der Waals surface area contributed by atoms with Crippen LogP contribution in [0.4, 0.5) is 0 Å². The number of rotatable bonds is 5. The highest BCUT2D eigenvalue weighted by atomic mass is 32.2. The summed E-state index contributed by atoms with van der Waals surface area (Å²) in [7, 11) is 0. The standard InChI is InChI=1S/C19H18N2O4S/c1-3-11-9-10-14(26-4-2)16-15(11)18(24)21(19(16)25)20-17(23)12-7-5-6-8-13(12)22/h5-10,22H,3-4H2,1-2H3,(H,20,23). The number of benzene rings is 2. The number of carbonyl (C=O) groups is 3. The maximum atomic E-state index is 12.8. The molecule has 0 aliphatic carbocycles. The van der Waals surface area contributed by atoms with Crippen LogP contribution in [0, 0.1) is 0 Å². The molecule has 0 unspecified atom stereocenters. The Hall–Kier alpha value is -2.80. The first kappa shape index (κ1) is 18.0. The fourth-order valence-corrected chi connectivity index (χ4v) is 3.71. The van der Waals surface area contributed by atoms with Gasteiger partial charge in [-0.3, -0.25) is 19.8 Å². The molecule has 26 heavy (non-hydrogen) atoms. The molecule has 0 aromatic heterocycles.